The van der Waals surface area contributed by atoms with Gasteiger partial charge in [-0.15, -0.1) is 9.24 Å². The molecular formula is C14H17N2OP. The number of fused-ring (bicyclic) bond motifs is 1. The van der Waals surface area contributed by atoms with Crippen molar-refractivity contribution < 1.29 is 0 Å². The Morgan fingerprint density at radius 2 is 1.94 bits per heavy atom. The Hall–Kier alpha value is -1.18. The number of hydrogen-bond donors (Lipinski definition) is 2. The molecule has 1 fully saturated rings. The maximum atomic E-state index is 12.1. The van der Waals surface area contributed by atoms with E-state index in [9.17, 15) is 4.79 Å². The van der Waals surface area contributed by atoms with Crippen LogP contribution in [0, 0.1) is 0 Å². The van der Waals surface area contributed by atoms with Crippen molar-refractivity contribution in [3.63, 3.8) is 0 Å². The van der Waals surface area contributed by atoms with Gasteiger partial charge in [0.15, 0.2) is 0 Å². The Morgan fingerprint density at radius 3 is 2.72 bits per heavy atom. The summed E-state index contributed by atoms with van der Waals surface area (Å²) >= 11 is 0. The lowest BCUT2D eigenvalue weighted by Gasteiger charge is -2.22. The second-order valence-electron chi connectivity index (χ2n) is 4.92. The minimum Gasteiger partial charge on any atom is -0.325 e. The fraction of sp³-hybridized carbons (Fsp3) is 0.357. The second kappa shape index (κ2) is 4.83. The molecule has 1 atom stereocenters. The van der Waals surface area contributed by atoms with Crippen molar-refractivity contribution in [3.8, 4) is 0 Å². The number of piperidine rings is 1. The first kappa shape index (κ1) is 11.9. The minimum absolute atomic E-state index is 0.0334. The van der Waals surface area contributed by atoms with Gasteiger partial charge in [0.25, 0.3) is 5.56 Å². The summed E-state index contributed by atoms with van der Waals surface area (Å²) in [4.78, 5) is 15.1. The van der Waals surface area contributed by atoms with Gasteiger partial charge in [0.1, 0.15) is 0 Å². The van der Waals surface area contributed by atoms with Gasteiger partial charge < -0.3 is 10.3 Å². The highest BCUT2D eigenvalue weighted by Crippen LogP contribution is 2.24. The lowest BCUT2D eigenvalue weighted by Crippen LogP contribution is -2.28. The molecule has 1 unspecified atom stereocenters. The van der Waals surface area contributed by atoms with Gasteiger partial charge in [-0.25, -0.2) is 0 Å². The Morgan fingerprint density at radius 1 is 1.17 bits per heavy atom. The van der Waals surface area contributed by atoms with Crippen molar-refractivity contribution in [2.24, 2.45) is 0 Å². The number of benzene rings is 1. The van der Waals surface area contributed by atoms with E-state index in [1.54, 1.807) is 0 Å². The molecule has 0 saturated carbocycles. The predicted molar refractivity (Wildman–Crippen MR) is 78.8 cm³/mol. The summed E-state index contributed by atoms with van der Waals surface area (Å²) in [5, 5.41) is 6.28. The van der Waals surface area contributed by atoms with Gasteiger partial charge in [-0.1, -0.05) is 6.07 Å². The maximum Gasteiger partial charge on any atom is 0.256 e. The van der Waals surface area contributed by atoms with Crippen LogP contribution < -0.4 is 16.2 Å². The van der Waals surface area contributed by atoms with E-state index < -0.39 is 0 Å². The number of aromatic nitrogens is 1. The van der Waals surface area contributed by atoms with E-state index in [1.807, 2.05) is 12.1 Å². The Kier molecular flexibility index (Phi) is 3.19. The van der Waals surface area contributed by atoms with Gasteiger partial charge in [0, 0.05) is 17.0 Å². The number of H-pyrrole nitrogens is 1. The van der Waals surface area contributed by atoms with Crippen molar-refractivity contribution >= 4 is 25.3 Å². The van der Waals surface area contributed by atoms with Crippen LogP contribution in [0.2, 0.25) is 0 Å². The third kappa shape index (κ3) is 2.21. The zero-order chi connectivity index (χ0) is 12.5. The van der Waals surface area contributed by atoms with Crippen LogP contribution >= 0.6 is 9.24 Å². The van der Waals surface area contributed by atoms with E-state index in [-0.39, 0.29) is 5.56 Å². The fourth-order valence-corrected chi connectivity index (χ4v) is 2.94. The largest absolute Gasteiger partial charge is 0.325 e. The SMILES string of the molecule is O=c1[nH]c(C2CCNCC2)cc2cc(P)ccc12. The molecule has 0 aliphatic carbocycles. The van der Waals surface area contributed by atoms with Crippen LogP contribution in [-0.2, 0) is 0 Å². The summed E-state index contributed by atoms with van der Waals surface area (Å²) in [6.07, 6.45) is 2.20. The molecule has 2 aromatic rings. The molecule has 1 aliphatic rings. The zero-order valence-electron chi connectivity index (χ0n) is 10.2. The molecule has 2 N–H and O–H groups in total. The summed E-state index contributed by atoms with van der Waals surface area (Å²) in [5.74, 6) is 0.483. The van der Waals surface area contributed by atoms with Gasteiger partial charge in [-0.2, -0.15) is 0 Å². The summed E-state index contributed by atoms with van der Waals surface area (Å²) in [5.41, 5.74) is 1.12. The Balaban J connectivity index is 2.10. The summed E-state index contributed by atoms with van der Waals surface area (Å²) in [6, 6.07) is 8.04. The molecule has 2 heterocycles. The van der Waals surface area contributed by atoms with Gasteiger partial charge >= 0.3 is 0 Å². The van der Waals surface area contributed by atoms with E-state index in [1.165, 1.54) is 0 Å². The molecule has 0 amide bonds. The van der Waals surface area contributed by atoms with E-state index in [4.69, 9.17) is 0 Å². The lowest BCUT2D eigenvalue weighted by atomic mass is 9.93. The molecule has 94 valence electrons. The number of rotatable bonds is 1. The van der Waals surface area contributed by atoms with Crippen LogP contribution in [0.5, 0.6) is 0 Å². The monoisotopic (exact) mass is 260 g/mol. The smallest absolute Gasteiger partial charge is 0.256 e. The van der Waals surface area contributed by atoms with Crippen LogP contribution in [0.4, 0.5) is 0 Å². The molecule has 1 aliphatic heterocycles. The van der Waals surface area contributed by atoms with E-state index >= 15 is 0 Å². The van der Waals surface area contributed by atoms with Gasteiger partial charge in [-0.05, 0) is 54.8 Å². The highest BCUT2D eigenvalue weighted by molar-refractivity contribution is 7.27. The molecule has 0 radical (unpaired) electrons. The first-order chi connectivity index (χ1) is 8.74. The highest BCUT2D eigenvalue weighted by Gasteiger charge is 2.16. The molecule has 0 spiro atoms. The average molecular weight is 260 g/mol. The minimum atomic E-state index is 0.0334. The van der Waals surface area contributed by atoms with Crippen molar-refractivity contribution in [2.75, 3.05) is 13.1 Å². The number of hydrogen-bond acceptors (Lipinski definition) is 2. The quantitative estimate of drug-likeness (QED) is 0.763. The highest BCUT2D eigenvalue weighted by atomic mass is 31.0. The number of aromatic amines is 1. The normalized spacial score (nSPS) is 17.2. The standard InChI is InChI=1S/C14H17N2OP/c17-14-12-2-1-11(18)7-10(12)8-13(16-14)9-3-5-15-6-4-9/h1-2,7-9,15H,3-6,18H2,(H,16,17). The van der Waals surface area contributed by atoms with Gasteiger partial charge in [0.05, 0.1) is 0 Å². The van der Waals surface area contributed by atoms with Crippen LogP contribution in [0.15, 0.2) is 29.1 Å². The van der Waals surface area contributed by atoms with Gasteiger partial charge in [-0.3, -0.25) is 4.79 Å². The molecule has 1 saturated heterocycles. The first-order valence-electron chi connectivity index (χ1n) is 6.37. The molecule has 1 aromatic carbocycles. The number of nitrogens with one attached hydrogen (secondary N) is 2. The summed E-state index contributed by atoms with van der Waals surface area (Å²) < 4.78 is 0. The van der Waals surface area contributed by atoms with Gasteiger partial charge in [0.2, 0.25) is 0 Å². The molecular weight excluding hydrogens is 243 g/mol. The van der Waals surface area contributed by atoms with Crippen LogP contribution in [0.25, 0.3) is 10.8 Å². The van der Waals surface area contributed by atoms with Crippen molar-refractivity contribution in [2.45, 2.75) is 18.8 Å². The summed E-state index contributed by atoms with van der Waals surface area (Å²) in [6.45, 7) is 2.07. The third-order valence-electron chi connectivity index (χ3n) is 3.67. The predicted octanol–water partition coefficient (Wildman–Crippen LogP) is 1.50. The van der Waals surface area contributed by atoms with Crippen molar-refractivity contribution in [1.29, 1.82) is 0 Å². The van der Waals surface area contributed by atoms with Crippen molar-refractivity contribution in [3.05, 3.63) is 40.3 Å². The van der Waals surface area contributed by atoms with Crippen LogP contribution in [0.1, 0.15) is 24.5 Å². The van der Waals surface area contributed by atoms with E-state index in [0.717, 1.165) is 47.7 Å². The average Bonchev–Trinajstić information content (AvgIpc) is 2.39. The molecule has 3 rings (SSSR count). The second-order valence-corrected chi connectivity index (χ2v) is 5.59. The lowest BCUT2D eigenvalue weighted by molar-refractivity contribution is 0.453. The molecule has 18 heavy (non-hydrogen) atoms. The summed E-state index contributed by atoms with van der Waals surface area (Å²) in [7, 11) is 2.68. The van der Waals surface area contributed by atoms with Crippen LogP contribution in [0.3, 0.4) is 0 Å². The number of pyridine rings is 1. The van der Waals surface area contributed by atoms with E-state index in [2.05, 4.69) is 31.7 Å². The topological polar surface area (TPSA) is 44.9 Å². The Bertz CT molecular complexity index is 629. The maximum absolute atomic E-state index is 12.1. The molecule has 4 heteroatoms. The third-order valence-corrected chi connectivity index (χ3v) is 4.03. The molecule has 1 aromatic heterocycles. The zero-order valence-corrected chi connectivity index (χ0v) is 11.4. The fourth-order valence-electron chi connectivity index (χ4n) is 2.66. The Labute approximate surface area is 108 Å². The van der Waals surface area contributed by atoms with Crippen molar-refractivity contribution in [1.82, 2.24) is 10.3 Å². The first-order valence-corrected chi connectivity index (χ1v) is 6.95. The molecule has 3 nitrogen and oxygen atoms in total. The molecule has 0 bridgehead atoms. The van der Waals surface area contributed by atoms with E-state index in [0.29, 0.717) is 5.92 Å². The van der Waals surface area contributed by atoms with Crippen LogP contribution in [-0.4, -0.2) is 18.1 Å².